The van der Waals surface area contributed by atoms with Gasteiger partial charge in [-0.3, -0.25) is 9.59 Å². The molecular weight excluding hydrogens is 494 g/mol. The highest BCUT2D eigenvalue weighted by atomic mass is 16.5. The third-order valence-corrected chi connectivity index (χ3v) is 6.36. The summed E-state index contributed by atoms with van der Waals surface area (Å²) in [5.74, 6) is 0.211. The molecule has 8 heteroatoms. The molecule has 4 rings (SSSR count). The normalized spacial score (nSPS) is 13.2. The predicted molar refractivity (Wildman–Crippen MR) is 152 cm³/mol. The van der Waals surface area contributed by atoms with Crippen molar-refractivity contribution in [2.45, 2.75) is 20.8 Å². The number of nitrogens with zero attached hydrogens (tertiary/aromatic N) is 2. The number of benzene rings is 3. The minimum absolute atomic E-state index is 0.000928. The van der Waals surface area contributed by atoms with Crippen molar-refractivity contribution in [3.63, 3.8) is 0 Å². The molecule has 0 bridgehead atoms. The molecule has 1 aliphatic rings. The Kier molecular flexibility index (Phi) is 9.20. The smallest absolute Gasteiger partial charge is 0.338 e. The number of ether oxygens (including phenoxy) is 2. The van der Waals surface area contributed by atoms with Crippen LogP contribution in [-0.2, 0) is 4.74 Å². The van der Waals surface area contributed by atoms with Crippen LogP contribution in [0.25, 0.3) is 0 Å². The van der Waals surface area contributed by atoms with E-state index in [4.69, 9.17) is 9.47 Å². The number of piperazine rings is 1. The first kappa shape index (κ1) is 27.7. The summed E-state index contributed by atoms with van der Waals surface area (Å²) < 4.78 is 11.0. The lowest BCUT2D eigenvalue weighted by molar-refractivity contribution is 0.0526. The van der Waals surface area contributed by atoms with Crippen molar-refractivity contribution < 1.29 is 23.9 Å². The van der Waals surface area contributed by atoms with Gasteiger partial charge in [0.05, 0.1) is 30.2 Å². The number of hydrogen-bond acceptors (Lipinski definition) is 6. The molecule has 1 N–H and O–H groups in total. The van der Waals surface area contributed by atoms with Crippen LogP contribution in [0.1, 0.15) is 51.8 Å². The van der Waals surface area contributed by atoms with Crippen LogP contribution in [0.15, 0.2) is 72.8 Å². The number of carbonyl (C=O) groups excluding carboxylic acids is 3. The Morgan fingerprint density at radius 2 is 1.56 bits per heavy atom. The topological polar surface area (TPSA) is 88.2 Å². The van der Waals surface area contributed by atoms with E-state index >= 15 is 0 Å². The standard InChI is InChI=1S/C31H35N3O5/c1-4-38-31(37)25-13-14-28(33-15-17-34(18-16-33)30(36)23-9-6-5-7-10-23)27(20-25)32-29(35)24-11-8-12-26(19-24)39-21-22(2)3/h5-14,19-20,22H,4,15-18,21H2,1-3H3,(H,32,35). The summed E-state index contributed by atoms with van der Waals surface area (Å²) in [5.41, 5.74) is 2.74. The fraction of sp³-hybridized carbons (Fsp3) is 0.323. The quantitative estimate of drug-likeness (QED) is 0.388. The van der Waals surface area contributed by atoms with E-state index in [1.165, 1.54) is 0 Å². The average molecular weight is 530 g/mol. The number of anilines is 2. The van der Waals surface area contributed by atoms with Gasteiger partial charge in [-0.1, -0.05) is 38.1 Å². The summed E-state index contributed by atoms with van der Waals surface area (Å²) in [6.07, 6.45) is 0. The second kappa shape index (κ2) is 13.0. The highest BCUT2D eigenvalue weighted by molar-refractivity contribution is 6.07. The van der Waals surface area contributed by atoms with Crippen molar-refractivity contribution in [3.05, 3.63) is 89.5 Å². The van der Waals surface area contributed by atoms with E-state index in [0.717, 1.165) is 5.69 Å². The SMILES string of the molecule is CCOC(=O)c1ccc(N2CCN(C(=O)c3ccccc3)CC2)c(NC(=O)c2cccc(OCC(C)C)c2)c1. The van der Waals surface area contributed by atoms with Crippen LogP contribution in [0.5, 0.6) is 5.75 Å². The zero-order valence-electron chi connectivity index (χ0n) is 22.7. The molecule has 0 saturated carbocycles. The summed E-state index contributed by atoms with van der Waals surface area (Å²) in [6.45, 7) is 8.92. The van der Waals surface area contributed by atoms with Gasteiger partial charge in [-0.25, -0.2) is 4.79 Å². The van der Waals surface area contributed by atoms with Gasteiger partial charge in [0.25, 0.3) is 11.8 Å². The molecule has 0 aromatic heterocycles. The summed E-state index contributed by atoms with van der Waals surface area (Å²) in [6, 6.07) is 21.4. The molecule has 1 saturated heterocycles. The Labute approximate surface area is 229 Å². The molecular formula is C31H35N3O5. The van der Waals surface area contributed by atoms with Crippen LogP contribution in [-0.4, -0.2) is 62.1 Å². The van der Waals surface area contributed by atoms with Crippen LogP contribution >= 0.6 is 0 Å². The Hall–Kier alpha value is -4.33. The van der Waals surface area contributed by atoms with Crippen LogP contribution in [0.2, 0.25) is 0 Å². The Morgan fingerprint density at radius 1 is 0.846 bits per heavy atom. The highest BCUT2D eigenvalue weighted by Crippen LogP contribution is 2.30. The zero-order chi connectivity index (χ0) is 27.8. The van der Waals surface area contributed by atoms with Crippen LogP contribution in [0.4, 0.5) is 11.4 Å². The lowest BCUT2D eigenvalue weighted by Gasteiger charge is -2.37. The van der Waals surface area contributed by atoms with Gasteiger partial charge >= 0.3 is 5.97 Å². The van der Waals surface area contributed by atoms with Crippen molar-refractivity contribution in [1.82, 2.24) is 4.90 Å². The van der Waals surface area contributed by atoms with E-state index in [2.05, 4.69) is 24.1 Å². The summed E-state index contributed by atoms with van der Waals surface area (Å²) >= 11 is 0. The molecule has 39 heavy (non-hydrogen) atoms. The monoisotopic (exact) mass is 529 g/mol. The fourth-order valence-corrected chi connectivity index (χ4v) is 4.35. The Morgan fingerprint density at radius 3 is 2.26 bits per heavy atom. The van der Waals surface area contributed by atoms with E-state index in [-0.39, 0.29) is 18.4 Å². The van der Waals surface area contributed by atoms with E-state index < -0.39 is 5.97 Å². The van der Waals surface area contributed by atoms with E-state index in [1.807, 2.05) is 47.4 Å². The molecule has 0 aliphatic carbocycles. The molecule has 0 atom stereocenters. The maximum absolute atomic E-state index is 13.3. The molecule has 2 amide bonds. The number of carbonyl (C=O) groups is 3. The molecule has 1 fully saturated rings. The third-order valence-electron chi connectivity index (χ3n) is 6.36. The molecule has 3 aromatic carbocycles. The minimum Gasteiger partial charge on any atom is -0.493 e. The molecule has 1 heterocycles. The lowest BCUT2D eigenvalue weighted by atomic mass is 10.1. The largest absolute Gasteiger partial charge is 0.493 e. The minimum atomic E-state index is -0.457. The van der Waals surface area contributed by atoms with E-state index in [9.17, 15) is 14.4 Å². The Bertz CT molecular complexity index is 1300. The number of hydrogen-bond donors (Lipinski definition) is 1. The van der Waals surface area contributed by atoms with Crippen molar-refractivity contribution in [1.29, 1.82) is 0 Å². The summed E-state index contributed by atoms with van der Waals surface area (Å²) in [7, 11) is 0. The van der Waals surface area contributed by atoms with E-state index in [0.29, 0.717) is 66.8 Å². The van der Waals surface area contributed by atoms with Crippen molar-refractivity contribution in [2.75, 3.05) is 49.6 Å². The van der Waals surface area contributed by atoms with Crippen LogP contribution in [0.3, 0.4) is 0 Å². The highest BCUT2D eigenvalue weighted by Gasteiger charge is 2.25. The van der Waals surface area contributed by atoms with Gasteiger partial charge in [-0.05, 0) is 61.4 Å². The van der Waals surface area contributed by atoms with Gasteiger partial charge in [0.1, 0.15) is 5.75 Å². The van der Waals surface area contributed by atoms with Gasteiger partial charge in [0.15, 0.2) is 0 Å². The molecule has 0 spiro atoms. The number of rotatable bonds is 9. The number of nitrogens with one attached hydrogen (secondary N) is 1. The van der Waals surface area contributed by atoms with Crippen LogP contribution < -0.4 is 15.0 Å². The van der Waals surface area contributed by atoms with E-state index in [1.54, 1.807) is 37.3 Å². The maximum atomic E-state index is 13.3. The first-order valence-electron chi connectivity index (χ1n) is 13.3. The summed E-state index contributed by atoms with van der Waals surface area (Å²) in [5, 5.41) is 2.99. The van der Waals surface area contributed by atoms with Crippen LogP contribution in [0, 0.1) is 5.92 Å². The summed E-state index contributed by atoms with van der Waals surface area (Å²) in [4.78, 5) is 42.6. The van der Waals surface area contributed by atoms with Crippen molar-refractivity contribution in [2.24, 2.45) is 5.92 Å². The predicted octanol–water partition coefficient (Wildman–Crippen LogP) is 5.11. The van der Waals surface area contributed by atoms with Gasteiger partial charge in [-0.2, -0.15) is 0 Å². The Balaban J connectivity index is 1.53. The lowest BCUT2D eigenvalue weighted by Crippen LogP contribution is -2.49. The second-order valence-electron chi connectivity index (χ2n) is 9.78. The van der Waals surface area contributed by atoms with Crippen molar-refractivity contribution >= 4 is 29.2 Å². The zero-order valence-corrected chi connectivity index (χ0v) is 22.7. The molecule has 3 aromatic rings. The first-order valence-corrected chi connectivity index (χ1v) is 13.3. The maximum Gasteiger partial charge on any atom is 0.338 e. The average Bonchev–Trinajstić information content (AvgIpc) is 2.96. The molecule has 1 aliphatic heterocycles. The molecule has 0 unspecified atom stereocenters. The third kappa shape index (κ3) is 7.16. The van der Waals surface area contributed by atoms with Gasteiger partial charge in [0.2, 0.25) is 0 Å². The first-order chi connectivity index (χ1) is 18.9. The molecule has 8 nitrogen and oxygen atoms in total. The van der Waals surface area contributed by atoms with Gasteiger partial charge in [-0.15, -0.1) is 0 Å². The number of amides is 2. The fourth-order valence-electron chi connectivity index (χ4n) is 4.35. The van der Waals surface area contributed by atoms with Gasteiger partial charge in [0, 0.05) is 37.3 Å². The van der Waals surface area contributed by atoms with Crippen molar-refractivity contribution in [3.8, 4) is 5.75 Å². The second-order valence-corrected chi connectivity index (χ2v) is 9.78. The van der Waals surface area contributed by atoms with Gasteiger partial charge < -0.3 is 24.6 Å². The molecule has 0 radical (unpaired) electrons. The molecule has 204 valence electrons. The number of esters is 1.